The van der Waals surface area contributed by atoms with Gasteiger partial charge in [-0.15, -0.1) is 0 Å². The molecule has 3 rings (SSSR count). The maximum absolute atomic E-state index is 12.4. The predicted octanol–water partition coefficient (Wildman–Crippen LogP) is 0.0456. The summed E-state index contributed by atoms with van der Waals surface area (Å²) < 4.78 is 9.88. The van der Waals surface area contributed by atoms with Crippen LogP contribution in [0.5, 0.6) is 0 Å². The summed E-state index contributed by atoms with van der Waals surface area (Å²) in [6.07, 6.45) is 1.48. The summed E-state index contributed by atoms with van der Waals surface area (Å²) in [5.41, 5.74) is 0.748. The van der Waals surface area contributed by atoms with Gasteiger partial charge in [-0.1, -0.05) is 12.1 Å². The molecule has 0 spiro atoms. The molecule has 1 aliphatic rings. The smallest absolute Gasteiger partial charge is 0.339 e. The zero-order valence-electron chi connectivity index (χ0n) is 15.1. The molecule has 2 heterocycles. The van der Waals surface area contributed by atoms with Crippen molar-refractivity contribution in [1.29, 1.82) is 0 Å². The van der Waals surface area contributed by atoms with E-state index in [4.69, 9.17) is 9.15 Å². The van der Waals surface area contributed by atoms with Crippen LogP contribution in [0.3, 0.4) is 0 Å². The molecule has 0 unspecified atom stereocenters. The summed E-state index contributed by atoms with van der Waals surface area (Å²) >= 11 is 0. The minimum absolute atomic E-state index is 0.129. The van der Waals surface area contributed by atoms with E-state index >= 15 is 0 Å². The van der Waals surface area contributed by atoms with Crippen LogP contribution >= 0.6 is 0 Å². The Labute approximate surface area is 156 Å². The Kier molecular flexibility index (Phi) is 5.87. The van der Waals surface area contributed by atoms with E-state index in [9.17, 15) is 14.4 Å². The molecule has 1 fully saturated rings. The number of nitrogens with zero attached hydrogens (tertiary/aromatic N) is 1. The summed E-state index contributed by atoms with van der Waals surface area (Å²) in [5, 5.41) is 2.77. The molecule has 0 bridgehead atoms. The molecule has 8 nitrogen and oxygen atoms in total. The molecule has 0 atom stereocenters. The second-order valence-electron chi connectivity index (χ2n) is 6.28. The normalized spacial score (nSPS) is 14.6. The molecule has 1 aliphatic heterocycles. The molecule has 1 aromatic carbocycles. The van der Waals surface area contributed by atoms with Crippen molar-refractivity contribution in [2.45, 2.75) is 0 Å². The van der Waals surface area contributed by atoms with E-state index in [1.165, 1.54) is 13.4 Å². The quantitative estimate of drug-likeness (QED) is 0.724. The molecule has 0 saturated carbocycles. The Bertz CT molecular complexity index is 811. The van der Waals surface area contributed by atoms with Crippen molar-refractivity contribution in [2.24, 2.45) is 0 Å². The van der Waals surface area contributed by atoms with Gasteiger partial charge in [0.1, 0.15) is 0 Å². The third-order valence-corrected chi connectivity index (χ3v) is 4.51. The lowest BCUT2D eigenvalue weighted by molar-refractivity contribution is -0.895. The molecule has 0 aliphatic carbocycles. The van der Waals surface area contributed by atoms with Crippen LogP contribution in [0.4, 0.5) is 5.69 Å². The minimum atomic E-state index is -0.497. The van der Waals surface area contributed by atoms with E-state index in [0.717, 1.165) is 4.90 Å². The van der Waals surface area contributed by atoms with E-state index in [-0.39, 0.29) is 18.4 Å². The van der Waals surface area contributed by atoms with Gasteiger partial charge in [0, 0.05) is 0 Å². The van der Waals surface area contributed by atoms with Crippen molar-refractivity contribution >= 4 is 23.5 Å². The standard InChI is InChI=1S/C19H21N3O5/c1-26-19(25)14-5-2-3-6-15(14)20-17(23)13-21-8-10-22(11-9-21)18(24)16-7-4-12-27-16/h2-7,12H,8-11,13H2,1H3,(H,20,23)/p+1. The average molecular weight is 372 g/mol. The molecule has 142 valence electrons. The first-order valence-electron chi connectivity index (χ1n) is 8.72. The zero-order valence-corrected chi connectivity index (χ0v) is 15.1. The number of quaternary nitrogens is 1. The molecule has 27 heavy (non-hydrogen) atoms. The fourth-order valence-electron chi connectivity index (χ4n) is 3.06. The van der Waals surface area contributed by atoms with Gasteiger partial charge in [-0.2, -0.15) is 0 Å². The molecule has 2 amide bonds. The van der Waals surface area contributed by atoms with Crippen LogP contribution < -0.4 is 10.2 Å². The van der Waals surface area contributed by atoms with E-state index in [2.05, 4.69) is 5.32 Å². The number of para-hydroxylation sites is 1. The summed E-state index contributed by atoms with van der Waals surface area (Å²) in [7, 11) is 1.30. The lowest BCUT2D eigenvalue weighted by Crippen LogP contribution is -3.15. The van der Waals surface area contributed by atoms with Crippen LogP contribution in [0, 0.1) is 0 Å². The van der Waals surface area contributed by atoms with E-state index < -0.39 is 5.97 Å². The largest absolute Gasteiger partial charge is 0.465 e. The van der Waals surface area contributed by atoms with Crippen molar-refractivity contribution < 1.29 is 28.4 Å². The van der Waals surface area contributed by atoms with E-state index in [1.54, 1.807) is 41.3 Å². The number of esters is 1. The van der Waals surface area contributed by atoms with Gasteiger partial charge in [0.15, 0.2) is 12.3 Å². The number of carbonyl (C=O) groups excluding carboxylic acids is 3. The highest BCUT2D eigenvalue weighted by atomic mass is 16.5. The molecular formula is C19H22N3O5+. The molecule has 8 heteroatoms. The van der Waals surface area contributed by atoms with Crippen LogP contribution in [-0.4, -0.2) is 62.5 Å². The van der Waals surface area contributed by atoms with E-state index in [1.807, 2.05) is 0 Å². The van der Waals surface area contributed by atoms with Crippen LogP contribution in [0.2, 0.25) is 0 Å². The van der Waals surface area contributed by atoms with Gasteiger partial charge >= 0.3 is 5.97 Å². The SMILES string of the molecule is COC(=O)c1ccccc1NC(=O)C[NH+]1CCN(C(=O)c2ccco2)CC1. The van der Waals surface area contributed by atoms with Crippen molar-refractivity contribution in [3.8, 4) is 0 Å². The number of methoxy groups -OCH3 is 1. The summed E-state index contributed by atoms with van der Waals surface area (Å²) in [5.74, 6) is -0.485. The Morgan fingerprint density at radius 1 is 1.15 bits per heavy atom. The number of hydrogen-bond acceptors (Lipinski definition) is 5. The van der Waals surface area contributed by atoms with Crippen LogP contribution in [-0.2, 0) is 9.53 Å². The number of furan rings is 1. The van der Waals surface area contributed by atoms with Gasteiger partial charge in [0.05, 0.1) is 50.8 Å². The van der Waals surface area contributed by atoms with Gasteiger partial charge in [0.2, 0.25) is 0 Å². The number of carbonyl (C=O) groups is 3. The van der Waals surface area contributed by atoms with Gasteiger partial charge < -0.3 is 24.3 Å². The third-order valence-electron chi connectivity index (χ3n) is 4.51. The second kappa shape index (κ2) is 8.50. The van der Waals surface area contributed by atoms with Gasteiger partial charge in [-0.3, -0.25) is 9.59 Å². The van der Waals surface area contributed by atoms with Crippen LogP contribution in [0.15, 0.2) is 47.1 Å². The van der Waals surface area contributed by atoms with Crippen molar-refractivity contribution in [3.05, 3.63) is 54.0 Å². The van der Waals surface area contributed by atoms with Crippen molar-refractivity contribution in [1.82, 2.24) is 4.90 Å². The molecular weight excluding hydrogens is 350 g/mol. The highest BCUT2D eigenvalue weighted by Crippen LogP contribution is 2.15. The Morgan fingerprint density at radius 2 is 1.89 bits per heavy atom. The number of hydrogen-bond donors (Lipinski definition) is 2. The molecule has 1 aromatic heterocycles. The Hall–Kier alpha value is -3.13. The second-order valence-corrected chi connectivity index (χ2v) is 6.28. The first kappa shape index (κ1) is 18.7. The first-order chi connectivity index (χ1) is 13.1. The van der Waals surface area contributed by atoms with Gasteiger partial charge in [-0.05, 0) is 24.3 Å². The number of nitrogens with one attached hydrogen (secondary N) is 2. The fraction of sp³-hybridized carbons (Fsp3) is 0.316. The average Bonchev–Trinajstić information content (AvgIpc) is 3.22. The minimum Gasteiger partial charge on any atom is -0.465 e. The van der Waals surface area contributed by atoms with E-state index in [0.29, 0.717) is 43.2 Å². The maximum atomic E-state index is 12.4. The van der Waals surface area contributed by atoms with Crippen LogP contribution in [0.25, 0.3) is 0 Å². The summed E-state index contributed by atoms with van der Waals surface area (Å²) in [6, 6.07) is 10.1. The molecule has 0 radical (unpaired) electrons. The molecule has 2 aromatic rings. The fourth-order valence-corrected chi connectivity index (χ4v) is 3.06. The number of rotatable bonds is 5. The van der Waals surface area contributed by atoms with Crippen molar-refractivity contribution in [2.75, 3.05) is 45.2 Å². The van der Waals surface area contributed by atoms with Gasteiger partial charge in [-0.25, -0.2) is 4.79 Å². The number of amides is 2. The highest BCUT2D eigenvalue weighted by molar-refractivity contribution is 6.01. The zero-order chi connectivity index (χ0) is 19.2. The maximum Gasteiger partial charge on any atom is 0.339 e. The Balaban J connectivity index is 1.52. The highest BCUT2D eigenvalue weighted by Gasteiger charge is 2.27. The van der Waals surface area contributed by atoms with Crippen LogP contribution in [0.1, 0.15) is 20.9 Å². The number of anilines is 1. The monoisotopic (exact) mass is 372 g/mol. The lowest BCUT2D eigenvalue weighted by Gasteiger charge is -2.31. The van der Waals surface area contributed by atoms with Crippen molar-refractivity contribution in [3.63, 3.8) is 0 Å². The predicted molar refractivity (Wildman–Crippen MR) is 96.6 cm³/mol. The number of benzene rings is 1. The first-order valence-corrected chi connectivity index (χ1v) is 8.72. The molecule has 1 saturated heterocycles. The topological polar surface area (TPSA) is 93.3 Å². The summed E-state index contributed by atoms with van der Waals surface area (Å²) in [4.78, 5) is 39.2. The lowest BCUT2D eigenvalue weighted by atomic mass is 10.2. The number of ether oxygens (including phenoxy) is 1. The summed E-state index contributed by atoms with van der Waals surface area (Å²) in [6.45, 7) is 2.71. The van der Waals surface area contributed by atoms with Gasteiger partial charge in [0.25, 0.3) is 11.8 Å². The molecule has 2 N–H and O–H groups in total. The third kappa shape index (κ3) is 4.53. The Morgan fingerprint density at radius 3 is 2.56 bits per heavy atom. The number of piperazine rings is 1.